The SMILES string of the molecule is CCCSc1ccccc1CC(N)CC. The standard InChI is InChI=1S/C13H21NS/c1-3-9-15-13-8-6-5-7-11(13)10-12(14)4-2/h5-8,12H,3-4,9-10,14H2,1-2H3. The van der Waals surface area contributed by atoms with Crippen molar-refractivity contribution in [2.45, 2.75) is 44.0 Å². The van der Waals surface area contributed by atoms with Crippen LogP contribution in [0.15, 0.2) is 29.2 Å². The highest BCUT2D eigenvalue weighted by Crippen LogP contribution is 2.24. The zero-order valence-electron chi connectivity index (χ0n) is 9.70. The maximum Gasteiger partial charge on any atom is 0.0105 e. The van der Waals surface area contributed by atoms with Crippen molar-refractivity contribution in [1.29, 1.82) is 0 Å². The van der Waals surface area contributed by atoms with Gasteiger partial charge in [-0.15, -0.1) is 11.8 Å². The van der Waals surface area contributed by atoms with Crippen LogP contribution in [0.25, 0.3) is 0 Å². The van der Waals surface area contributed by atoms with E-state index in [4.69, 9.17) is 5.73 Å². The van der Waals surface area contributed by atoms with Crippen molar-refractivity contribution in [3.8, 4) is 0 Å². The summed E-state index contributed by atoms with van der Waals surface area (Å²) in [5.41, 5.74) is 7.40. The first kappa shape index (κ1) is 12.6. The molecule has 0 aliphatic heterocycles. The molecule has 2 heteroatoms. The fraction of sp³-hybridized carbons (Fsp3) is 0.538. The molecule has 15 heavy (non-hydrogen) atoms. The summed E-state index contributed by atoms with van der Waals surface area (Å²) in [5, 5.41) is 0. The maximum absolute atomic E-state index is 5.99. The molecule has 0 saturated heterocycles. The molecule has 1 nitrogen and oxygen atoms in total. The Hall–Kier alpha value is -0.470. The van der Waals surface area contributed by atoms with Crippen molar-refractivity contribution in [3.63, 3.8) is 0 Å². The fourth-order valence-electron chi connectivity index (χ4n) is 1.45. The van der Waals surface area contributed by atoms with E-state index in [0.29, 0.717) is 6.04 Å². The molecule has 0 fully saturated rings. The minimum atomic E-state index is 0.299. The van der Waals surface area contributed by atoms with Gasteiger partial charge in [-0.1, -0.05) is 32.0 Å². The summed E-state index contributed by atoms with van der Waals surface area (Å²) in [6.45, 7) is 4.36. The summed E-state index contributed by atoms with van der Waals surface area (Å²) >= 11 is 1.94. The van der Waals surface area contributed by atoms with Gasteiger partial charge in [0.15, 0.2) is 0 Å². The number of hydrogen-bond donors (Lipinski definition) is 1. The van der Waals surface area contributed by atoms with Gasteiger partial charge in [0.05, 0.1) is 0 Å². The summed E-state index contributed by atoms with van der Waals surface area (Å²) in [6, 6.07) is 8.92. The lowest BCUT2D eigenvalue weighted by molar-refractivity contribution is 0.641. The van der Waals surface area contributed by atoms with Crippen molar-refractivity contribution in [2.75, 3.05) is 5.75 Å². The molecule has 0 heterocycles. The molecule has 1 atom stereocenters. The van der Waals surface area contributed by atoms with Gasteiger partial charge in [-0.2, -0.15) is 0 Å². The zero-order chi connectivity index (χ0) is 11.1. The minimum Gasteiger partial charge on any atom is -0.327 e. The normalized spacial score (nSPS) is 12.7. The molecule has 1 rings (SSSR count). The third-order valence-corrected chi connectivity index (χ3v) is 3.76. The molecule has 0 aliphatic rings. The van der Waals surface area contributed by atoms with Crippen molar-refractivity contribution >= 4 is 11.8 Å². The van der Waals surface area contributed by atoms with Crippen LogP contribution in [0, 0.1) is 0 Å². The molecule has 2 N–H and O–H groups in total. The molecule has 0 aromatic heterocycles. The lowest BCUT2D eigenvalue weighted by atomic mass is 10.1. The lowest BCUT2D eigenvalue weighted by Gasteiger charge is -2.12. The predicted octanol–water partition coefficient (Wildman–Crippen LogP) is 3.47. The van der Waals surface area contributed by atoms with Crippen LogP contribution in [0.5, 0.6) is 0 Å². The van der Waals surface area contributed by atoms with Gasteiger partial charge >= 0.3 is 0 Å². The summed E-state index contributed by atoms with van der Waals surface area (Å²) in [7, 11) is 0. The number of hydrogen-bond acceptors (Lipinski definition) is 2. The molecule has 0 bridgehead atoms. The third kappa shape index (κ3) is 4.27. The molecule has 0 spiro atoms. The van der Waals surface area contributed by atoms with Gasteiger partial charge < -0.3 is 5.73 Å². The summed E-state index contributed by atoms with van der Waals surface area (Å²) in [4.78, 5) is 1.41. The molecular formula is C13H21NS. The first-order valence-electron chi connectivity index (χ1n) is 5.74. The van der Waals surface area contributed by atoms with E-state index in [2.05, 4.69) is 38.1 Å². The molecule has 1 unspecified atom stereocenters. The van der Waals surface area contributed by atoms with Gasteiger partial charge in [0.2, 0.25) is 0 Å². The molecule has 0 radical (unpaired) electrons. The molecule has 0 saturated carbocycles. The minimum absolute atomic E-state index is 0.299. The van der Waals surface area contributed by atoms with Gasteiger partial charge in [0.1, 0.15) is 0 Å². The van der Waals surface area contributed by atoms with Gasteiger partial charge in [-0.3, -0.25) is 0 Å². The topological polar surface area (TPSA) is 26.0 Å². The van der Waals surface area contributed by atoms with Crippen molar-refractivity contribution in [2.24, 2.45) is 5.73 Å². The van der Waals surface area contributed by atoms with Crippen molar-refractivity contribution < 1.29 is 0 Å². The van der Waals surface area contributed by atoms with E-state index < -0.39 is 0 Å². The predicted molar refractivity (Wildman–Crippen MR) is 69.4 cm³/mol. The Morgan fingerprint density at radius 1 is 1.27 bits per heavy atom. The Morgan fingerprint density at radius 3 is 2.67 bits per heavy atom. The van der Waals surface area contributed by atoms with E-state index >= 15 is 0 Å². The van der Waals surface area contributed by atoms with E-state index in [0.717, 1.165) is 12.8 Å². The van der Waals surface area contributed by atoms with Crippen LogP contribution >= 0.6 is 11.8 Å². The average Bonchev–Trinajstić information content (AvgIpc) is 2.28. The molecule has 1 aromatic rings. The van der Waals surface area contributed by atoms with E-state index in [1.165, 1.54) is 22.6 Å². The summed E-state index contributed by atoms with van der Waals surface area (Å²) < 4.78 is 0. The second-order valence-corrected chi connectivity index (χ2v) is 4.97. The van der Waals surface area contributed by atoms with Gasteiger partial charge in [0.25, 0.3) is 0 Å². The van der Waals surface area contributed by atoms with Crippen molar-refractivity contribution in [3.05, 3.63) is 29.8 Å². The number of rotatable bonds is 6. The van der Waals surface area contributed by atoms with Crippen LogP contribution < -0.4 is 5.73 Å². The largest absolute Gasteiger partial charge is 0.327 e. The molecule has 1 aromatic carbocycles. The third-order valence-electron chi connectivity index (χ3n) is 2.44. The number of benzene rings is 1. The highest BCUT2D eigenvalue weighted by molar-refractivity contribution is 7.99. The van der Waals surface area contributed by atoms with E-state index in [1.807, 2.05) is 11.8 Å². The number of nitrogens with two attached hydrogens (primary N) is 1. The first-order valence-corrected chi connectivity index (χ1v) is 6.72. The summed E-state index contributed by atoms with van der Waals surface area (Å²) in [6.07, 6.45) is 3.27. The number of thioether (sulfide) groups is 1. The maximum atomic E-state index is 5.99. The quantitative estimate of drug-likeness (QED) is 0.747. The monoisotopic (exact) mass is 223 g/mol. The van der Waals surface area contributed by atoms with E-state index in [-0.39, 0.29) is 0 Å². The van der Waals surface area contributed by atoms with Crippen LogP contribution in [0.3, 0.4) is 0 Å². The van der Waals surface area contributed by atoms with Crippen LogP contribution in [0.2, 0.25) is 0 Å². The molecule has 84 valence electrons. The lowest BCUT2D eigenvalue weighted by Crippen LogP contribution is -2.21. The Bertz CT molecular complexity index is 286. The van der Waals surface area contributed by atoms with E-state index in [1.54, 1.807) is 0 Å². The van der Waals surface area contributed by atoms with Crippen LogP contribution in [0.4, 0.5) is 0 Å². The Morgan fingerprint density at radius 2 is 2.00 bits per heavy atom. The summed E-state index contributed by atoms with van der Waals surface area (Å²) in [5.74, 6) is 1.19. The second kappa shape index (κ2) is 6.91. The van der Waals surface area contributed by atoms with Crippen LogP contribution in [0.1, 0.15) is 32.3 Å². The van der Waals surface area contributed by atoms with Gasteiger partial charge in [-0.05, 0) is 36.6 Å². The smallest absolute Gasteiger partial charge is 0.0105 e. The van der Waals surface area contributed by atoms with Gasteiger partial charge in [-0.25, -0.2) is 0 Å². The zero-order valence-corrected chi connectivity index (χ0v) is 10.5. The average molecular weight is 223 g/mol. The van der Waals surface area contributed by atoms with Gasteiger partial charge in [0, 0.05) is 10.9 Å². The second-order valence-electron chi connectivity index (χ2n) is 3.83. The Balaban J connectivity index is 2.67. The first-order chi connectivity index (χ1) is 7.27. The van der Waals surface area contributed by atoms with Crippen LogP contribution in [-0.4, -0.2) is 11.8 Å². The fourth-order valence-corrected chi connectivity index (χ4v) is 2.39. The Labute approximate surface area is 97.4 Å². The van der Waals surface area contributed by atoms with E-state index in [9.17, 15) is 0 Å². The molecule has 0 amide bonds. The van der Waals surface area contributed by atoms with Crippen molar-refractivity contribution in [1.82, 2.24) is 0 Å². The molecule has 0 aliphatic carbocycles. The molecular weight excluding hydrogens is 202 g/mol. The highest BCUT2D eigenvalue weighted by atomic mass is 32.2. The van der Waals surface area contributed by atoms with Crippen LogP contribution in [-0.2, 0) is 6.42 Å². The highest BCUT2D eigenvalue weighted by Gasteiger charge is 2.06. The Kier molecular flexibility index (Phi) is 5.81.